The number of nitrogen functional groups attached to an aromatic ring is 1. The average molecular weight is 322 g/mol. The first-order valence-corrected chi connectivity index (χ1v) is 6.26. The van der Waals surface area contributed by atoms with Crippen LogP contribution in [-0.4, -0.2) is 18.0 Å². The molecule has 0 unspecified atom stereocenters. The van der Waals surface area contributed by atoms with Crippen molar-refractivity contribution in [2.24, 2.45) is 0 Å². The van der Waals surface area contributed by atoms with Gasteiger partial charge in [-0.2, -0.15) is 0 Å². The zero-order valence-corrected chi connectivity index (χ0v) is 11.8. The highest BCUT2D eigenvalue weighted by atomic mass is 79.9. The van der Waals surface area contributed by atoms with Crippen molar-refractivity contribution < 1.29 is 9.53 Å². The van der Waals surface area contributed by atoms with Gasteiger partial charge in [-0.15, -0.1) is 0 Å². The van der Waals surface area contributed by atoms with E-state index in [1.807, 2.05) is 0 Å². The fourth-order valence-electron chi connectivity index (χ4n) is 1.48. The van der Waals surface area contributed by atoms with Gasteiger partial charge in [0.25, 0.3) is 5.91 Å². The van der Waals surface area contributed by atoms with Crippen LogP contribution in [0.4, 0.5) is 11.4 Å². The molecular formula is C13H12BrN3O2. The Hall–Kier alpha value is -2.08. The zero-order valence-electron chi connectivity index (χ0n) is 10.2. The molecule has 1 aromatic heterocycles. The molecule has 0 radical (unpaired) electrons. The highest BCUT2D eigenvalue weighted by molar-refractivity contribution is 9.10. The SMILES string of the molecule is COc1ccc(Br)c(NC(=O)c2cc(N)ccn2)c1. The largest absolute Gasteiger partial charge is 0.497 e. The van der Waals surface area contributed by atoms with Crippen molar-refractivity contribution in [3.63, 3.8) is 0 Å². The van der Waals surface area contributed by atoms with Crippen molar-refractivity contribution in [1.29, 1.82) is 0 Å². The number of halogens is 1. The number of benzene rings is 1. The van der Waals surface area contributed by atoms with E-state index >= 15 is 0 Å². The van der Waals surface area contributed by atoms with Gasteiger partial charge in [0, 0.05) is 22.4 Å². The average Bonchev–Trinajstić information content (AvgIpc) is 2.41. The third-order valence-electron chi connectivity index (χ3n) is 2.44. The topological polar surface area (TPSA) is 77.2 Å². The molecule has 0 spiro atoms. The quantitative estimate of drug-likeness (QED) is 0.911. The van der Waals surface area contributed by atoms with Crippen LogP contribution in [0.3, 0.4) is 0 Å². The van der Waals surface area contributed by atoms with Crippen LogP contribution in [0.1, 0.15) is 10.5 Å². The molecule has 19 heavy (non-hydrogen) atoms. The standard InChI is InChI=1S/C13H12BrN3O2/c1-19-9-2-3-10(14)11(7-9)17-13(18)12-6-8(15)4-5-16-12/h2-7H,1H3,(H2,15,16)(H,17,18). The van der Waals surface area contributed by atoms with Crippen LogP contribution in [0.5, 0.6) is 5.75 Å². The van der Waals surface area contributed by atoms with Crippen molar-refractivity contribution in [3.05, 3.63) is 46.7 Å². The maximum Gasteiger partial charge on any atom is 0.274 e. The number of hydrogen-bond acceptors (Lipinski definition) is 4. The van der Waals surface area contributed by atoms with Gasteiger partial charge in [0.15, 0.2) is 0 Å². The minimum atomic E-state index is -0.332. The molecule has 0 fully saturated rings. The Balaban J connectivity index is 2.23. The number of amides is 1. The van der Waals surface area contributed by atoms with Crippen LogP contribution in [-0.2, 0) is 0 Å². The minimum Gasteiger partial charge on any atom is -0.497 e. The molecule has 0 aliphatic carbocycles. The van der Waals surface area contributed by atoms with Crippen LogP contribution in [0.15, 0.2) is 41.0 Å². The Morgan fingerprint density at radius 3 is 2.84 bits per heavy atom. The molecule has 0 saturated carbocycles. The van der Waals surface area contributed by atoms with Crippen LogP contribution >= 0.6 is 15.9 Å². The van der Waals surface area contributed by atoms with E-state index in [0.29, 0.717) is 17.1 Å². The first-order valence-electron chi connectivity index (χ1n) is 5.46. The van der Waals surface area contributed by atoms with Gasteiger partial charge in [-0.3, -0.25) is 9.78 Å². The zero-order chi connectivity index (χ0) is 13.8. The molecular weight excluding hydrogens is 310 g/mol. The normalized spacial score (nSPS) is 10.0. The summed E-state index contributed by atoms with van der Waals surface area (Å²) < 4.78 is 5.86. The third kappa shape index (κ3) is 3.23. The monoisotopic (exact) mass is 321 g/mol. The summed E-state index contributed by atoms with van der Waals surface area (Å²) in [5, 5.41) is 2.74. The second kappa shape index (κ2) is 5.71. The van der Waals surface area contributed by atoms with Crippen LogP contribution in [0.2, 0.25) is 0 Å². The lowest BCUT2D eigenvalue weighted by Gasteiger charge is -2.09. The molecule has 6 heteroatoms. The fourth-order valence-corrected chi connectivity index (χ4v) is 1.83. The Morgan fingerprint density at radius 2 is 2.16 bits per heavy atom. The Kier molecular flexibility index (Phi) is 4.01. The van der Waals surface area contributed by atoms with Crippen molar-refractivity contribution in [2.75, 3.05) is 18.2 Å². The number of ether oxygens (including phenoxy) is 1. The van der Waals surface area contributed by atoms with Crippen LogP contribution in [0, 0.1) is 0 Å². The number of nitrogens with one attached hydrogen (secondary N) is 1. The molecule has 1 heterocycles. The summed E-state index contributed by atoms with van der Waals surface area (Å²) in [4.78, 5) is 16.0. The number of nitrogens with two attached hydrogens (primary N) is 1. The van der Waals surface area contributed by atoms with E-state index in [4.69, 9.17) is 10.5 Å². The van der Waals surface area contributed by atoms with E-state index in [1.54, 1.807) is 31.4 Å². The number of anilines is 2. The van der Waals surface area contributed by atoms with Crippen molar-refractivity contribution >= 4 is 33.2 Å². The molecule has 0 saturated heterocycles. The van der Waals surface area contributed by atoms with Gasteiger partial charge in [0.1, 0.15) is 11.4 Å². The number of aromatic nitrogens is 1. The summed E-state index contributed by atoms with van der Waals surface area (Å²) in [6.45, 7) is 0. The van der Waals surface area contributed by atoms with Crippen molar-refractivity contribution in [3.8, 4) is 5.75 Å². The molecule has 0 atom stereocenters. The number of carbonyl (C=O) groups is 1. The predicted molar refractivity (Wildman–Crippen MR) is 77.3 cm³/mol. The van der Waals surface area contributed by atoms with Crippen molar-refractivity contribution in [2.45, 2.75) is 0 Å². The first kappa shape index (κ1) is 13.4. The maximum atomic E-state index is 12.0. The molecule has 98 valence electrons. The van der Waals surface area contributed by atoms with Gasteiger partial charge in [-0.25, -0.2) is 0 Å². The lowest BCUT2D eigenvalue weighted by Crippen LogP contribution is -2.14. The van der Waals surface area contributed by atoms with E-state index in [9.17, 15) is 4.79 Å². The van der Waals surface area contributed by atoms with Gasteiger partial charge in [0.05, 0.1) is 12.8 Å². The van der Waals surface area contributed by atoms with E-state index in [0.717, 1.165) is 4.47 Å². The number of carbonyl (C=O) groups excluding carboxylic acids is 1. The van der Waals surface area contributed by atoms with Gasteiger partial charge < -0.3 is 15.8 Å². The van der Waals surface area contributed by atoms with Gasteiger partial charge in [-0.05, 0) is 40.2 Å². The van der Waals surface area contributed by atoms with Crippen molar-refractivity contribution in [1.82, 2.24) is 4.98 Å². The third-order valence-corrected chi connectivity index (χ3v) is 3.13. The molecule has 0 bridgehead atoms. The maximum absolute atomic E-state index is 12.0. The number of rotatable bonds is 3. The number of hydrogen-bond donors (Lipinski definition) is 2. The summed E-state index contributed by atoms with van der Waals surface area (Å²) in [5.41, 5.74) is 6.97. The van der Waals surface area contributed by atoms with Gasteiger partial charge in [-0.1, -0.05) is 0 Å². The summed E-state index contributed by atoms with van der Waals surface area (Å²) in [6, 6.07) is 8.44. The van der Waals surface area contributed by atoms with E-state index in [2.05, 4.69) is 26.2 Å². The lowest BCUT2D eigenvalue weighted by atomic mass is 10.2. The summed E-state index contributed by atoms with van der Waals surface area (Å²) >= 11 is 3.36. The Morgan fingerprint density at radius 1 is 1.37 bits per heavy atom. The summed E-state index contributed by atoms with van der Waals surface area (Å²) in [7, 11) is 1.56. The molecule has 2 aromatic rings. The van der Waals surface area contributed by atoms with Gasteiger partial charge >= 0.3 is 0 Å². The second-order valence-electron chi connectivity index (χ2n) is 3.77. The van der Waals surface area contributed by atoms with Crippen LogP contribution in [0.25, 0.3) is 0 Å². The molecule has 3 N–H and O–H groups in total. The predicted octanol–water partition coefficient (Wildman–Crippen LogP) is 2.69. The lowest BCUT2D eigenvalue weighted by molar-refractivity contribution is 0.102. The second-order valence-corrected chi connectivity index (χ2v) is 4.63. The Labute approximate surface area is 118 Å². The fraction of sp³-hybridized carbons (Fsp3) is 0.0769. The van der Waals surface area contributed by atoms with Crippen LogP contribution < -0.4 is 15.8 Å². The highest BCUT2D eigenvalue weighted by Gasteiger charge is 2.10. The van der Waals surface area contributed by atoms with E-state index in [-0.39, 0.29) is 11.6 Å². The number of methoxy groups -OCH3 is 1. The minimum absolute atomic E-state index is 0.259. The summed E-state index contributed by atoms with van der Waals surface area (Å²) in [5.74, 6) is 0.320. The molecule has 2 rings (SSSR count). The van der Waals surface area contributed by atoms with E-state index in [1.165, 1.54) is 12.3 Å². The first-order chi connectivity index (χ1) is 9.10. The Bertz CT molecular complexity index is 617. The van der Waals surface area contributed by atoms with Gasteiger partial charge in [0.2, 0.25) is 0 Å². The molecule has 0 aliphatic heterocycles. The smallest absolute Gasteiger partial charge is 0.274 e. The number of pyridine rings is 1. The molecule has 5 nitrogen and oxygen atoms in total. The number of nitrogens with zero attached hydrogens (tertiary/aromatic N) is 1. The van der Waals surface area contributed by atoms with E-state index < -0.39 is 0 Å². The highest BCUT2D eigenvalue weighted by Crippen LogP contribution is 2.27. The molecule has 1 aromatic carbocycles. The summed E-state index contributed by atoms with van der Waals surface area (Å²) in [6.07, 6.45) is 1.49. The molecule has 1 amide bonds. The molecule has 0 aliphatic rings.